The zero-order valence-electron chi connectivity index (χ0n) is 15.2. The van der Waals surface area contributed by atoms with Gasteiger partial charge in [0, 0.05) is 37.3 Å². The second-order valence-corrected chi connectivity index (χ2v) is 7.61. The normalized spacial score (nSPS) is 11.5. The van der Waals surface area contributed by atoms with Crippen molar-refractivity contribution >= 4 is 32.6 Å². The molecule has 9 heteroatoms. The number of para-hydroxylation sites is 1. The number of hydrogen-bond donors (Lipinski definition) is 3. The first-order valence-corrected chi connectivity index (χ1v) is 10.1. The SMILES string of the molecule is CCNc1cc(NCCNS(=O)(=O)c2cccc3cccnc23)nc(C)n1. The fraction of sp³-hybridized carbons (Fsp3) is 0.278. The third kappa shape index (κ3) is 4.69. The van der Waals surface area contributed by atoms with E-state index >= 15 is 0 Å². The van der Waals surface area contributed by atoms with Crippen LogP contribution in [-0.2, 0) is 10.0 Å². The Morgan fingerprint density at radius 3 is 2.52 bits per heavy atom. The van der Waals surface area contributed by atoms with Crippen LogP contribution in [0.5, 0.6) is 0 Å². The summed E-state index contributed by atoms with van der Waals surface area (Å²) in [5, 5.41) is 7.03. The van der Waals surface area contributed by atoms with Crippen molar-refractivity contribution in [2.24, 2.45) is 0 Å². The van der Waals surface area contributed by atoms with Gasteiger partial charge < -0.3 is 10.6 Å². The van der Waals surface area contributed by atoms with E-state index in [0.29, 0.717) is 23.7 Å². The first kappa shape index (κ1) is 19.0. The molecule has 1 aromatic carbocycles. The van der Waals surface area contributed by atoms with Crippen LogP contribution in [0.1, 0.15) is 12.7 Å². The van der Waals surface area contributed by atoms with Crippen LogP contribution in [0.25, 0.3) is 10.9 Å². The fourth-order valence-electron chi connectivity index (χ4n) is 2.68. The van der Waals surface area contributed by atoms with Crippen LogP contribution < -0.4 is 15.4 Å². The Kier molecular flexibility index (Phi) is 5.82. The number of nitrogens with one attached hydrogen (secondary N) is 3. The number of anilines is 2. The standard InChI is InChI=1S/C18H22N6O2S/c1-3-19-16-12-17(24-13(2)23-16)20-10-11-22-27(25,26)15-8-4-6-14-7-5-9-21-18(14)15/h4-9,12,22H,3,10-11H2,1-2H3,(H2,19,20,23,24). The van der Waals surface area contributed by atoms with Gasteiger partial charge in [0.2, 0.25) is 10.0 Å². The van der Waals surface area contributed by atoms with Gasteiger partial charge in [0.1, 0.15) is 22.4 Å². The number of hydrogen-bond acceptors (Lipinski definition) is 7. The molecule has 3 N–H and O–H groups in total. The van der Waals surface area contributed by atoms with Gasteiger partial charge in [-0.15, -0.1) is 0 Å². The van der Waals surface area contributed by atoms with Crippen LogP contribution in [0.15, 0.2) is 47.5 Å². The van der Waals surface area contributed by atoms with Crippen molar-refractivity contribution in [2.75, 3.05) is 30.3 Å². The zero-order valence-corrected chi connectivity index (χ0v) is 16.0. The second-order valence-electron chi connectivity index (χ2n) is 5.87. The lowest BCUT2D eigenvalue weighted by molar-refractivity contribution is 0.583. The maximum absolute atomic E-state index is 12.6. The summed E-state index contributed by atoms with van der Waals surface area (Å²) in [6.45, 7) is 5.16. The molecule has 2 aromatic heterocycles. The molecule has 2 heterocycles. The number of fused-ring (bicyclic) bond motifs is 1. The minimum absolute atomic E-state index is 0.174. The molecule has 0 saturated carbocycles. The molecule has 0 aliphatic heterocycles. The van der Waals surface area contributed by atoms with E-state index in [1.54, 1.807) is 30.5 Å². The third-order valence-electron chi connectivity index (χ3n) is 3.80. The Hall–Kier alpha value is -2.78. The first-order chi connectivity index (χ1) is 13.0. The molecule has 0 aliphatic rings. The minimum Gasteiger partial charge on any atom is -0.370 e. The lowest BCUT2D eigenvalue weighted by Crippen LogP contribution is -2.29. The van der Waals surface area contributed by atoms with Gasteiger partial charge in [-0.05, 0) is 26.0 Å². The largest absolute Gasteiger partial charge is 0.370 e. The smallest absolute Gasteiger partial charge is 0.242 e. The molecule has 0 radical (unpaired) electrons. The fourth-order valence-corrected chi connectivity index (χ4v) is 3.89. The lowest BCUT2D eigenvalue weighted by Gasteiger charge is -2.11. The van der Waals surface area contributed by atoms with Crippen molar-refractivity contribution in [2.45, 2.75) is 18.7 Å². The predicted molar refractivity (Wildman–Crippen MR) is 106 cm³/mol. The van der Waals surface area contributed by atoms with Crippen LogP contribution in [0.3, 0.4) is 0 Å². The summed E-state index contributed by atoms with van der Waals surface area (Å²) in [5.41, 5.74) is 0.460. The van der Waals surface area contributed by atoms with Crippen molar-refractivity contribution < 1.29 is 8.42 Å². The maximum atomic E-state index is 12.6. The van der Waals surface area contributed by atoms with Gasteiger partial charge >= 0.3 is 0 Å². The van der Waals surface area contributed by atoms with E-state index in [9.17, 15) is 8.42 Å². The highest BCUT2D eigenvalue weighted by atomic mass is 32.2. The van der Waals surface area contributed by atoms with Gasteiger partial charge in [-0.1, -0.05) is 18.2 Å². The van der Waals surface area contributed by atoms with Crippen molar-refractivity contribution in [3.05, 3.63) is 48.4 Å². The number of aromatic nitrogens is 3. The highest BCUT2D eigenvalue weighted by molar-refractivity contribution is 7.89. The molecule has 0 bridgehead atoms. The molecule has 27 heavy (non-hydrogen) atoms. The monoisotopic (exact) mass is 386 g/mol. The molecule has 0 spiro atoms. The summed E-state index contributed by atoms with van der Waals surface area (Å²) >= 11 is 0. The molecule has 0 saturated heterocycles. The van der Waals surface area contributed by atoms with E-state index in [1.165, 1.54) is 0 Å². The molecule has 0 aliphatic carbocycles. The third-order valence-corrected chi connectivity index (χ3v) is 5.30. The molecule has 8 nitrogen and oxygen atoms in total. The zero-order chi connectivity index (χ0) is 19.3. The van der Waals surface area contributed by atoms with E-state index in [-0.39, 0.29) is 11.4 Å². The molecule has 0 amide bonds. The van der Waals surface area contributed by atoms with Gasteiger partial charge in [-0.2, -0.15) is 0 Å². The highest BCUT2D eigenvalue weighted by Crippen LogP contribution is 2.20. The topological polar surface area (TPSA) is 109 Å². The van der Waals surface area contributed by atoms with Crippen LogP contribution in [-0.4, -0.2) is 43.0 Å². The Bertz CT molecular complexity index is 1030. The number of benzene rings is 1. The minimum atomic E-state index is -3.66. The van der Waals surface area contributed by atoms with Gasteiger partial charge in [0.25, 0.3) is 0 Å². The predicted octanol–water partition coefficient (Wildman–Crippen LogP) is 2.16. The molecule has 142 valence electrons. The summed E-state index contributed by atoms with van der Waals surface area (Å²) in [4.78, 5) is 13.0. The molecular formula is C18H22N6O2S. The van der Waals surface area contributed by atoms with Gasteiger partial charge in [-0.3, -0.25) is 4.98 Å². The molecule has 0 atom stereocenters. The number of sulfonamides is 1. The van der Waals surface area contributed by atoms with Crippen molar-refractivity contribution in [1.29, 1.82) is 0 Å². The molecule has 3 rings (SSSR count). The van der Waals surface area contributed by atoms with Crippen molar-refractivity contribution in [3.63, 3.8) is 0 Å². The summed E-state index contributed by atoms with van der Waals surface area (Å²) in [5.74, 6) is 2.01. The van der Waals surface area contributed by atoms with E-state index in [2.05, 4.69) is 30.3 Å². The molecular weight excluding hydrogens is 364 g/mol. The number of nitrogens with zero attached hydrogens (tertiary/aromatic N) is 3. The first-order valence-electron chi connectivity index (χ1n) is 8.66. The van der Waals surface area contributed by atoms with Gasteiger partial charge in [0.15, 0.2) is 0 Å². The Morgan fingerprint density at radius 2 is 1.74 bits per heavy atom. The Morgan fingerprint density at radius 1 is 1.00 bits per heavy atom. The number of aryl methyl sites for hydroxylation is 1. The van der Waals surface area contributed by atoms with Crippen LogP contribution in [0.2, 0.25) is 0 Å². The maximum Gasteiger partial charge on any atom is 0.242 e. The summed E-state index contributed by atoms with van der Waals surface area (Å²) in [6.07, 6.45) is 1.59. The van der Waals surface area contributed by atoms with E-state index in [0.717, 1.165) is 17.7 Å². The summed E-state index contributed by atoms with van der Waals surface area (Å²) < 4.78 is 27.9. The summed E-state index contributed by atoms with van der Waals surface area (Å²) in [6, 6.07) is 10.5. The van der Waals surface area contributed by atoms with E-state index in [4.69, 9.17) is 0 Å². The quantitative estimate of drug-likeness (QED) is 0.509. The van der Waals surface area contributed by atoms with E-state index in [1.807, 2.05) is 26.0 Å². The Labute approximate surface area is 158 Å². The summed E-state index contributed by atoms with van der Waals surface area (Å²) in [7, 11) is -3.66. The van der Waals surface area contributed by atoms with E-state index < -0.39 is 10.0 Å². The van der Waals surface area contributed by atoms with Gasteiger partial charge in [-0.25, -0.2) is 23.1 Å². The highest BCUT2D eigenvalue weighted by Gasteiger charge is 2.17. The van der Waals surface area contributed by atoms with Crippen LogP contribution in [0.4, 0.5) is 11.6 Å². The van der Waals surface area contributed by atoms with Gasteiger partial charge in [0.05, 0.1) is 5.52 Å². The van der Waals surface area contributed by atoms with Crippen molar-refractivity contribution in [3.8, 4) is 0 Å². The molecule has 3 aromatic rings. The second kappa shape index (κ2) is 8.28. The van der Waals surface area contributed by atoms with Crippen LogP contribution >= 0.6 is 0 Å². The Balaban J connectivity index is 1.65. The van der Waals surface area contributed by atoms with Crippen LogP contribution in [0, 0.1) is 6.92 Å². The average molecular weight is 386 g/mol. The lowest BCUT2D eigenvalue weighted by atomic mass is 10.2. The number of pyridine rings is 1. The average Bonchev–Trinajstić information content (AvgIpc) is 2.65. The number of rotatable bonds is 8. The molecule has 0 unspecified atom stereocenters. The molecule has 0 fully saturated rings. The van der Waals surface area contributed by atoms with Crippen molar-refractivity contribution in [1.82, 2.24) is 19.7 Å².